The van der Waals surface area contributed by atoms with Gasteiger partial charge in [0.1, 0.15) is 5.60 Å². The van der Waals surface area contributed by atoms with E-state index in [1.165, 1.54) is 7.11 Å². The van der Waals surface area contributed by atoms with Gasteiger partial charge in [-0.25, -0.2) is 0 Å². The van der Waals surface area contributed by atoms with E-state index in [9.17, 15) is 9.59 Å². The van der Waals surface area contributed by atoms with E-state index < -0.39 is 5.60 Å². The Bertz CT molecular complexity index is 662. The van der Waals surface area contributed by atoms with Gasteiger partial charge in [-0.05, 0) is 12.1 Å². The third-order valence-electron chi connectivity index (χ3n) is 4.93. The molecule has 1 saturated heterocycles. The number of rotatable bonds is 3. The van der Waals surface area contributed by atoms with Crippen molar-refractivity contribution >= 4 is 11.7 Å². The number of Topliss-reactive ketones (excluding diaryl/α,β-unsaturated/α-hetero) is 1. The first-order valence-corrected chi connectivity index (χ1v) is 8.28. The quantitative estimate of drug-likeness (QED) is 0.850. The summed E-state index contributed by atoms with van der Waals surface area (Å²) in [5.74, 6) is 1.65. The van der Waals surface area contributed by atoms with E-state index in [1.54, 1.807) is 19.2 Å². The minimum atomic E-state index is -0.561. The van der Waals surface area contributed by atoms with Crippen molar-refractivity contribution in [3.8, 4) is 17.2 Å². The number of likely N-dealkylation sites (tertiary alicyclic amines) is 1. The zero-order valence-electron chi connectivity index (χ0n) is 14.4. The van der Waals surface area contributed by atoms with Crippen LogP contribution in [0.1, 0.15) is 43.0 Å². The Labute approximate surface area is 141 Å². The van der Waals surface area contributed by atoms with E-state index in [-0.39, 0.29) is 11.7 Å². The molecule has 0 atom stereocenters. The molecule has 3 rings (SSSR count). The lowest BCUT2D eigenvalue weighted by molar-refractivity contribution is -0.134. The third-order valence-corrected chi connectivity index (χ3v) is 4.93. The van der Waals surface area contributed by atoms with Crippen molar-refractivity contribution in [1.29, 1.82) is 0 Å². The highest BCUT2D eigenvalue weighted by atomic mass is 16.5. The molecule has 1 amide bonds. The molecule has 6 heteroatoms. The predicted molar refractivity (Wildman–Crippen MR) is 88.0 cm³/mol. The first-order chi connectivity index (χ1) is 11.5. The van der Waals surface area contributed by atoms with Crippen LogP contribution in [0.5, 0.6) is 17.2 Å². The summed E-state index contributed by atoms with van der Waals surface area (Å²) in [5, 5.41) is 0. The lowest BCUT2D eigenvalue weighted by atomic mass is 9.82. The van der Waals surface area contributed by atoms with E-state index >= 15 is 0 Å². The van der Waals surface area contributed by atoms with Gasteiger partial charge >= 0.3 is 0 Å². The number of carbonyl (C=O) groups excluding carboxylic acids is 2. The molecule has 0 saturated carbocycles. The number of methoxy groups -OCH3 is 2. The normalized spacial score (nSPS) is 18.8. The zero-order valence-corrected chi connectivity index (χ0v) is 14.4. The predicted octanol–water partition coefficient (Wildman–Crippen LogP) is 2.44. The Morgan fingerprint density at radius 3 is 2.54 bits per heavy atom. The Hall–Kier alpha value is -2.24. The van der Waals surface area contributed by atoms with Crippen LogP contribution in [0.25, 0.3) is 0 Å². The molecule has 0 unspecified atom stereocenters. The lowest BCUT2D eigenvalue weighted by Crippen LogP contribution is -2.52. The number of ether oxygens (including phenoxy) is 3. The highest BCUT2D eigenvalue weighted by molar-refractivity contribution is 6.01. The van der Waals surface area contributed by atoms with Crippen molar-refractivity contribution in [3.63, 3.8) is 0 Å². The molecule has 1 fully saturated rings. The molecular weight excluding hydrogens is 310 g/mol. The van der Waals surface area contributed by atoms with Gasteiger partial charge in [-0.1, -0.05) is 6.92 Å². The summed E-state index contributed by atoms with van der Waals surface area (Å²) >= 11 is 0. The monoisotopic (exact) mass is 333 g/mol. The van der Waals surface area contributed by atoms with Crippen LogP contribution in [-0.2, 0) is 4.79 Å². The minimum absolute atomic E-state index is 0.0486. The average molecular weight is 333 g/mol. The fourth-order valence-corrected chi connectivity index (χ4v) is 3.53. The van der Waals surface area contributed by atoms with Gasteiger partial charge in [0.2, 0.25) is 11.7 Å². The molecule has 0 radical (unpaired) electrons. The molecule has 1 aromatic carbocycles. The molecule has 0 aromatic heterocycles. The molecule has 2 aliphatic heterocycles. The topological polar surface area (TPSA) is 65.1 Å². The first kappa shape index (κ1) is 16.6. The summed E-state index contributed by atoms with van der Waals surface area (Å²) in [6.45, 7) is 3.09. The Morgan fingerprint density at radius 1 is 1.25 bits per heavy atom. The second kappa shape index (κ2) is 6.34. The van der Waals surface area contributed by atoms with E-state index in [2.05, 4.69) is 0 Å². The second-order valence-electron chi connectivity index (χ2n) is 6.30. The lowest BCUT2D eigenvalue weighted by Gasteiger charge is -2.44. The maximum absolute atomic E-state index is 12.6. The van der Waals surface area contributed by atoms with Crippen molar-refractivity contribution in [2.75, 3.05) is 27.3 Å². The van der Waals surface area contributed by atoms with Crippen molar-refractivity contribution in [2.45, 2.75) is 38.2 Å². The number of hydrogen-bond donors (Lipinski definition) is 0. The molecule has 2 heterocycles. The average Bonchev–Trinajstić information content (AvgIpc) is 2.60. The summed E-state index contributed by atoms with van der Waals surface area (Å²) in [6.07, 6.45) is 2.12. The van der Waals surface area contributed by atoms with E-state index in [4.69, 9.17) is 14.2 Å². The largest absolute Gasteiger partial charge is 0.493 e. The van der Waals surface area contributed by atoms with Gasteiger partial charge in [-0.3, -0.25) is 9.59 Å². The number of piperidine rings is 1. The van der Waals surface area contributed by atoms with Crippen molar-refractivity contribution < 1.29 is 23.8 Å². The summed E-state index contributed by atoms with van der Waals surface area (Å²) in [6, 6.07) is 3.45. The highest BCUT2D eigenvalue weighted by Gasteiger charge is 2.45. The van der Waals surface area contributed by atoms with Gasteiger partial charge in [0, 0.05) is 32.4 Å². The maximum Gasteiger partial charge on any atom is 0.222 e. The number of nitrogens with zero attached hydrogens (tertiary/aromatic N) is 1. The van der Waals surface area contributed by atoms with Crippen LogP contribution in [-0.4, -0.2) is 49.5 Å². The van der Waals surface area contributed by atoms with E-state index in [0.717, 1.165) is 0 Å². The fraction of sp³-hybridized carbons (Fsp3) is 0.556. The van der Waals surface area contributed by atoms with Crippen LogP contribution in [0.15, 0.2) is 12.1 Å². The molecule has 24 heavy (non-hydrogen) atoms. The van der Waals surface area contributed by atoms with Crippen LogP contribution in [0.3, 0.4) is 0 Å². The number of hydrogen-bond acceptors (Lipinski definition) is 5. The molecule has 0 bridgehead atoms. The Balaban J connectivity index is 1.89. The van der Waals surface area contributed by atoms with Crippen molar-refractivity contribution in [1.82, 2.24) is 4.90 Å². The van der Waals surface area contributed by atoms with E-state index in [0.29, 0.717) is 61.6 Å². The highest BCUT2D eigenvalue weighted by Crippen LogP contribution is 2.47. The fourth-order valence-electron chi connectivity index (χ4n) is 3.53. The number of amides is 1. The number of carbonyl (C=O) groups is 2. The molecule has 0 N–H and O–H groups in total. The van der Waals surface area contributed by atoms with Gasteiger partial charge in [0.05, 0.1) is 26.2 Å². The summed E-state index contributed by atoms with van der Waals surface area (Å²) in [7, 11) is 3.09. The maximum atomic E-state index is 12.6. The molecule has 0 aliphatic carbocycles. The first-order valence-electron chi connectivity index (χ1n) is 8.28. The van der Waals surface area contributed by atoms with Gasteiger partial charge in [0.25, 0.3) is 0 Å². The second-order valence-corrected chi connectivity index (χ2v) is 6.30. The standard InChI is InChI=1S/C18H23NO5/c1-4-15(21)19-9-7-18(8-10-19)11-13(20)12-5-6-14(22-2)17(23-3)16(12)24-18/h5-6H,4,7-11H2,1-3H3. The summed E-state index contributed by atoms with van der Waals surface area (Å²) < 4.78 is 17.0. The Morgan fingerprint density at radius 2 is 1.96 bits per heavy atom. The van der Waals surface area contributed by atoms with Crippen molar-refractivity contribution in [3.05, 3.63) is 17.7 Å². The third kappa shape index (κ3) is 2.70. The Kier molecular flexibility index (Phi) is 4.39. The van der Waals surface area contributed by atoms with Gasteiger partial charge in [0.15, 0.2) is 17.3 Å². The van der Waals surface area contributed by atoms with Crippen LogP contribution in [0.2, 0.25) is 0 Å². The molecule has 2 aliphatic rings. The summed E-state index contributed by atoms with van der Waals surface area (Å²) in [4.78, 5) is 26.4. The van der Waals surface area contributed by atoms with Crippen LogP contribution in [0.4, 0.5) is 0 Å². The minimum Gasteiger partial charge on any atom is -0.493 e. The van der Waals surface area contributed by atoms with Crippen LogP contribution < -0.4 is 14.2 Å². The molecular formula is C18H23NO5. The van der Waals surface area contributed by atoms with E-state index in [1.807, 2.05) is 11.8 Å². The smallest absolute Gasteiger partial charge is 0.222 e. The van der Waals surface area contributed by atoms with Gasteiger partial charge in [-0.2, -0.15) is 0 Å². The molecule has 1 spiro atoms. The van der Waals surface area contributed by atoms with Crippen molar-refractivity contribution in [2.24, 2.45) is 0 Å². The molecule has 130 valence electrons. The van der Waals surface area contributed by atoms with Gasteiger partial charge in [-0.15, -0.1) is 0 Å². The SMILES string of the molecule is CCC(=O)N1CCC2(CC1)CC(=O)c1ccc(OC)c(OC)c1O2. The molecule has 6 nitrogen and oxygen atoms in total. The van der Waals surface area contributed by atoms with Crippen LogP contribution >= 0.6 is 0 Å². The molecule has 1 aromatic rings. The number of benzene rings is 1. The summed E-state index contributed by atoms with van der Waals surface area (Å²) in [5.41, 5.74) is -0.0285. The van der Waals surface area contributed by atoms with Gasteiger partial charge < -0.3 is 19.1 Å². The number of fused-ring (bicyclic) bond motifs is 1. The van der Waals surface area contributed by atoms with Crippen LogP contribution in [0, 0.1) is 0 Å². The number of ketones is 1. The zero-order chi connectivity index (χ0) is 17.3.